The molecule has 0 aliphatic heterocycles. The zero-order chi connectivity index (χ0) is 24.9. The van der Waals surface area contributed by atoms with Crippen molar-refractivity contribution in [3.8, 4) is 22.3 Å². The van der Waals surface area contributed by atoms with Crippen molar-refractivity contribution in [3.05, 3.63) is 120 Å². The summed E-state index contributed by atoms with van der Waals surface area (Å²) in [5, 5.41) is 12.2. The number of alkyl carbamates (subject to hydrolysis) is 1. The number of amides is 1. The molecule has 4 aromatic carbocycles. The predicted molar refractivity (Wildman–Crippen MR) is 140 cm³/mol. The number of carboxylic acids is 1. The van der Waals surface area contributed by atoms with Crippen LogP contribution in [-0.4, -0.2) is 29.8 Å². The number of aliphatic carboxylic acids is 1. The number of hydrogen-bond acceptors (Lipinski definition) is 3. The molecule has 0 aromatic heterocycles. The van der Waals surface area contributed by atoms with E-state index < -0.39 is 18.1 Å². The van der Waals surface area contributed by atoms with Crippen LogP contribution in [-0.2, 0) is 16.0 Å². The molecule has 180 valence electrons. The molecule has 1 aliphatic carbocycles. The van der Waals surface area contributed by atoms with E-state index in [2.05, 4.69) is 23.5 Å². The van der Waals surface area contributed by atoms with Crippen LogP contribution in [0, 0.1) is 0 Å². The quantitative estimate of drug-likeness (QED) is 0.313. The van der Waals surface area contributed by atoms with Crippen molar-refractivity contribution < 1.29 is 19.4 Å². The minimum absolute atomic E-state index is 0.0767. The summed E-state index contributed by atoms with van der Waals surface area (Å²) in [6, 6.07) is 33.2. The molecule has 0 saturated carbocycles. The standard InChI is InChI=1S/C31H27NO4/c33-30(34)29(18-17-21-9-8-12-23(19-21)22-10-2-1-3-11-22)32-31(35)36-20-28-26-15-6-4-13-24(26)25-14-5-7-16-27(25)28/h1-16,19,28-29H,17-18,20H2,(H,32,35)(H,33,34)/t29-/m0/s1. The molecule has 5 rings (SSSR count). The van der Waals surface area contributed by atoms with Gasteiger partial charge in [-0.05, 0) is 51.8 Å². The molecule has 0 radical (unpaired) electrons. The first-order valence-corrected chi connectivity index (χ1v) is 12.1. The Morgan fingerprint density at radius 3 is 2.06 bits per heavy atom. The summed E-state index contributed by atoms with van der Waals surface area (Å²) in [7, 11) is 0. The van der Waals surface area contributed by atoms with Crippen molar-refractivity contribution >= 4 is 12.1 Å². The molecule has 0 saturated heterocycles. The van der Waals surface area contributed by atoms with Crippen LogP contribution >= 0.6 is 0 Å². The first-order chi connectivity index (χ1) is 17.6. The molecule has 1 amide bonds. The van der Waals surface area contributed by atoms with Gasteiger partial charge in [0.15, 0.2) is 0 Å². The van der Waals surface area contributed by atoms with Crippen molar-refractivity contribution in [2.24, 2.45) is 0 Å². The van der Waals surface area contributed by atoms with Gasteiger partial charge in [-0.15, -0.1) is 0 Å². The molecule has 1 atom stereocenters. The third-order valence-corrected chi connectivity index (χ3v) is 6.69. The highest BCUT2D eigenvalue weighted by Crippen LogP contribution is 2.44. The highest BCUT2D eigenvalue weighted by molar-refractivity contribution is 5.81. The van der Waals surface area contributed by atoms with Gasteiger partial charge in [0.1, 0.15) is 12.6 Å². The second-order valence-corrected chi connectivity index (χ2v) is 8.97. The predicted octanol–water partition coefficient (Wildman–Crippen LogP) is 6.28. The number of benzene rings is 4. The van der Waals surface area contributed by atoms with E-state index in [1.54, 1.807) is 0 Å². The lowest BCUT2D eigenvalue weighted by Crippen LogP contribution is -2.41. The topological polar surface area (TPSA) is 75.6 Å². The molecule has 0 bridgehead atoms. The van der Waals surface area contributed by atoms with E-state index >= 15 is 0 Å². The third kappa shape index (κ3) is 5.01. The van der Waals surface area contributed by atoms with E-state index in [0.29, 0.717) is 6.42 Å². The third-order valence-electron chi connectivity index (χ3n) is 6.69. The van der Waals surface area contributed by atoms with Crippen molar-refractivity contribution in [1.82, 2.24) is 5.32 Å². The normalized spacial score (nSPS) is 12.9. The van der Waals surface area contributed by atoms with Crippen LogP contribution in [0.1, 0.15) is 29.0 Å². The number of carboxylic acid groups (broad SMARTS) is 1. The fourth-order valence-corrected chi connectivity index (χ4v) is 4.89. The average Bonchev–Trinajstić information content (AvgIpc) is 3.24. The van der Waals surface area contributed by atoms with Crippen LogP contribution in [0.4, 0.5) is 4.79 Å². The molecular weight excluding hydrogens is 450 g/mol. The van der Waals surface area contributed by atoms with E-state index in [4.69, 9.17) is 4.74 Å². The van der Waals surface area contributed by atoms with E-state index in [0.717, 1.165) is 38.9 Å². The van der Waals surface area contributed by atoms with Crippen LogP contribution in [0.15, 0.2) is 103 Å². The number of carbonyl (C=O) groups is 2. The summed E-state index contributed by atoms with van der Waals surface area (Å²) in [4.78, 5) is 24.5. The second kappa shape index (κ2) is 10.5. The zero-order valence-electron chi connectivity index (χ0n) is 19.8. The highest BCUT2D eigenvalue weighted by Gasteiger charge is 2.29. The van der Waals surface area contributed by atoms with Gasteiger partial charge in [-0.1, -0.05) is 103 Å². The van der Waals surface area contributed by atoms with E-state index in [1.807, 2.05) is 84.9 Å². The van der Waals surface area contributed by atoms with Gasteiger partial charge in [-0.3, -0.25) is 0 Å². The van der Waals surface area contributed by atoms with Crippen LogP contribution in [0.5, 0.6) is 0 Å². The molecule has 5 heteroatoms. The van der Waals surface area contributed by atoms with Gasteiger partial charge in [0.25, 0.3) is 0 Å². The van der Waals surface area contributed by atoms with Gasteiger partial charge in [-0.25, -0.2) is 9.59 Å². The first kappa shape index (κ1) is 23.4. The zero-order valence-corrected chi connectivity index (χ0v) is 19.8. The smallest absolute Gasteiger partial charge is 0.407 e. The molecule has 4 aromatic rings. The lowest BCUT2D eigenvalue weighted by Gasteiger charge is -2.17. The maximum absolute atomic E-state index is 12.6. The largest absolute Gasteiger partial charge is 0.480 e. The Bertz CT molecular complexity index is 1340. The minimum Gasteiger partial charge on any atom is -0.480 e. The molecule has 1 aliphatic rings. The summed E-state index contributed by atoms with van der Waals surface area (Å²) in [5.41, 5.74) is 7.69. The molecule has 0 unspecified atom stereocenters. The maximum atomic E-state index is 12.6. The highest BCUT2D eigenvalue weighted by atomic mass is 16.5. The van der Waals surface area contributed by atoms with Crippen LogP contribution in [0.25, 0.3) is 22.3 Å². The van der Waals surface area contributed by atoms with Gasteiger partial charge in [0.05, 0.1) is 0 Å². The van der Waals surface area contributed by atoms with E-state index in [9.17, 15) is 14.7 Å². The Morgan fingerprint density at radius 1 is 0.778 bits per heavy atom. The SMILES string of the molecule is O=C(N[C@@H](CCc1cccc(-c2ccccc2)c1)C(=O)O)OCC1c2ccccc2-c2ccccc21. The number of carbonyl (C=O) groups excluding carboxylic acids is 1. The summed E-state index contributed by atoms with van der Waals surface area (Å²) in [6.45, 7) is 0.144. The van der Waals surface area contributed by atoms with Gasteiger partial charge in [0.2, 0.25) is 0 Å². The molecule has 5 nitrogen and oxygen atoms in total. The summed E-state index contributed by atoms with van der Waals surface area (Å²) >= 11 is 0. The number of ether oxygens (including phenoxy) is 1. The van der Waals surface area contributed by atoms with E-state index in [-0.39, 0.29) is 18.9 Å². The van der Waals surface area contributed by atoms with Gasteiger partial charge >= 0.3 is 12.1 Å². The number of nitrogens with one attached hydrogen (secondary N) is 1. The number of fused-ring (bicyclic) bond motifs is 3. The Kier molecular flexibility index (Phi) is 6.80. The number of aryl methyl sites for hydroxylation is 1. The second-order valence-electron chi connectivity index (χ2n) is 8.97. The van der Waals surface area contributed by atoms with Crippen LogP contribution in [0.3, 0.4) is 0 Å². The Hall–Kier alpha value is -4.38. The van der Waals surface area contributed by atoms with E-state index in [1.165, 1.54) is 0 Å². The fraction of sp³-hybridized carbons (Fsp3) is 0.161. The molecular formula is C31H27NO4. The molecule has 0 fully saturated rings. The lowest BCUT2D eigenvalue weighted by molar-refractivity contribution is -0.139. The van der Waals surface area contributed by atoms with Crippen molar-refractivity contribution in [1.29, 1.82) is 0 Å². The molecule has 2 N–H and O–H groups in total. The van der Waals surface area contributed by atoms with Crippen molar-refractivity contribution in [3.63, 3.8) is 0 Å². The average molecular weight is 478 g/mol. The summed E-state index contributed by atoms with van der Waals surface area (Å²) in [6.07, 6.45) is 0.0568. The minimum atomic E-state index is -1.08. The Balaban J connectivity index is 1.20. The molecule has 0 heterocycles. The van der Waals surface area contributed by atoms with Gasteiger partial charge < -0.3 is 15.2 Å². The van der Waals surface area contributed by atoms with Crippen molar-refractivity contribution in [2.45, 2.75) is 24.8 Å². The molecule has 0 spiro atoms. The van der Waals surface area contributed by atoms with Crippen molar-refractivity contribution in [2.75, 3.05) is 6.61 Å². The van der Waals surface area contributed by atoms with Crippen LogP contribution < -0.4 is 5.32 Å². The number of hydrogen-bond donors (Lipinski definition) is 2. The maximum Gasteiger partial charge on any atom is 0.407 e. The Morgan fingerprint density at radius 2 is 1.39 bits per heavy atom. The Labute approximate surface area is 210 Å². The molecule has 36 heavy (non-hydrogen) atoms. The first-order valence-electron chi connectivity index (χ1n) is 12.1. The van der Waals surface area contributed by atoms with Gasteiger partial charge in [0, 0.05) is 5.92 Å². The van der Waals surface area contributed by atoms with Gasteiger partial charge in [-0.2, -0.15) is 0 Å². The summed E-state index contributed by atoms with van der Waals surface area (Å²) in [5.74, 6) is -1.16. The van der Waals surface area contributed by atoms with Crippen LogP contribution in [0.2, 0.25) is 0 Å². The lowest BCUT2D eigenvalue weighted by atomic mass is 9.98. The monoisotopic (exact) mass is 477 g/mol. The number of rotatable bonds is 8. The fourth-order valence-electron chi connectivity index (χ4n) is 4.89. The summed E-state index contributed by atoms with van der Waals surface area (Å²) < 4.78 is 5.54.